The van der Waals surface area contributed by atoms with Gasteiger partial charge in [0.05, 0.1) is 13.7 Å². The first-order valence-electron chi connectivity index (χ1n) is 19.7. The van der Waals surface area contributed by atoms with Crippen molar-refractivity contribution < 1.29 is 24.5 Å². The van der Waals surface area contributed by atoms with E-state index >= 15 is 0 Å². The van der Waals surface area contributed by atoms with Gasteiger partial charge in [0.2, 0.25) is 0 Å². The predicted octanol–water partition coefficient (Wildman–Crippen LogP) is 13.2. The summed E-state index contributed by atoms with van der Waals surface area (Å²) in [6.45, 7) is 11.8. The Balaban J connectivity index is 0.000000187. The van der Waals surface area contributed by atoms with Gasteiger partial charge in [0.15, 0.2) is 0 Å². The quantitative estimate of drug-likeness (QED) is 0.107. The molecule has 7 aromatic rings. The van der Waals surface area contributed by atoms with Crippen molar-refractivity contribution in [3.63, 3.8) is 0 Å². The zero-order valence-corrected chi connectivity index (χ0v) is 35.8. The van der Waals surface area contributed by atoms with Crippen LogP contribution in [-0.4, -0.2) is 18.0 Å². The Bertz CT molecular complexity index is 2270. The summed E-state index contributed by atoms with van der Waals surface area (Å²) in [6.07, 6.45) is 14.6. The van der Waals surface area contributed by atoms with Crippen molar-refractivity contribution in [2.45, 2.75) is 90.8 Å². The van der Waals surface area contributed by atoms with Crippen LogP contribution < -0.4 is 5.19 Å². The molecule has 1 aliphatic rings. The van der Waals surface area contributed by atoms with Crippen molar-refractivity contribution in [1.82, 2.24) is 9.97 Å². The van der Waals surface area contributed by atoms with Crippen molar-refractivity contribution in [1.29, 1.82) is 0 Å². The summed E-state index contributed by atoms with van der Waals surface area (Å²) < 4.78 is 6.38. The van der Waals surface area contributed by atoms with Gasteiger partial charge in [-0.3, -0.25) is 0 Å². The van der Waals surface area contributed by atoms with E-state index in [1.807, 2.05) is 36.5 Å². The molecule has 0 atom stereocenters. The molecule has 1 aliphatic carbocycles. The number of fused-ring (bicyclic) bond motifs is 3. The Labute approximate surface area is 337 Å². The van der Waals surface area contributed by atoms with Gasteiger partial charge >= 0.3 is 0 Å². The number of rotatable bonds is 9. The van der Waals surface area contributed by atoms with Crippen molar-refractivity contribution in [3.05, 3.63) is 139 Å². The molecule has 0 spiro atoms. The fourth-order valence-corrected chi connectivity index (χ4v) is 9.77. The van der Waals surface area contributed by atoms with Crippen molar-refractivity contribution in [2.75, 3.05) is 0 Å². The molecule has 0 bridgehead atoms. The average molecular weight is 905 g/mol. The van der Waals surface area contributed by atoms with Crippen LogP contribution in [0.5, 0.6) is 0 Å². The van der Waals surface area contributed by atoms with Gasteiger partial charge in [-0.25, -0.2) is 0 Å². The Hall–Kier alpha value is -4.15. The molecule has 0 amide bonds. The van der Waals surface area contributed by atoms with E-state index in [0.29, 0.717) is 5.92 Å². The average Bonchev–Trinajstić information content (AvgIpc) is 3.59. The molecular weight excluding hydrogens is 853 g/mol. The number of aromatic nitrogens is 2. The van der Waals surface area contributed by atoms with Crippen LogP contribution >= 0.6 is 0 Å². The zero-order valence-electron chi connectivity index (χ0n) is 32.4. The maximum Gasteiger partial charge on any atom is 0.121 e. The number of benzene rings is 4. The molecule has 0 saturated heterocycles. The molecule has 3 nitrogen and oxygen atoms in total. The summed E-state index contributed by atoms with van der Waals surface area (Å²) in [7, 11) is -1.36. The van der Waals surface area contributed by atoms with Gasteiger partial charge < -0.3 is 14.4 Å². The minimum absolute atomic E-state index is 0. The summed E-state index contributed by atoms with van der Waals surface area (Å²) in [4.78, 5) is 9.44. The summed E-state index contributed by atoms with van der Waals surface area (Å²) in [5.74, 6) is 1.42. The van der Waals surface area contributed by atoms with E-state index in [1.54, 1.807) is 10.8 Å². The fraction of sp³-hybridized carbons (Fsp3) is 0.306. The molecule has 0 aliphatic heterocycles. The molecule has 4 aromatic carbocycles. The third-order valence-electron chi connectivity index (χ3n) is 11.1. The minimum Gasteiger partial charge on any atom is -0.501 e. The molecule has 0 unspecified atom stereocenters. The summed E-state index contributed by atoms with van der Waals surface area (Å²) in [5.41, 5.74) is 11.0. The first-order chi connectivity index (χ1) is 25.8. The molecule has 5 heteroatoms. The smallest absolute Gasteiger partial charge is 0.121 e. The van der Waals surface area contributed by atoms with E-state index in [4.69, 9.17) is 9.40 Å². The Morgan fingerprint density at radius 2 is 1.56 bits per heavy atom. The molecule has 3 aromatic heterocycles. The van der Waals surface area contributed by atoms with Gasteiger partial charge in [0, 0.05) is 37.9 Å². The van der Waals surface area contributed by atoms with Crippen molar-refractivity contribution >= 4 is 35.2 Å². The van der Waals surface area contributed by atoms with Crippen LogP contribution in [0.15, 0.2) is 120 Å². The molecule has 8 rings (SSSR count). The molecule has 54 heavy (non-hydrogen) atoms. The number of hydrogen-bond acceptors (Lipinski definition) is 3. The van der Waals surface area contributed by atoms with Crippen molar-refractivity contribution in [3.8, 4) is 33.6 Å². The second kappa shape index (κ2) is 18.0. The van der Waals surface area contributed by atoms with Crippen LogP contribution in [0.2, 0.25) is 19.6 Å². The van der Waals surface area contributed by atoms with Gasteiger partial charge in [0.25, 0.3) is 0 Å². The van der Waals surface area contributed by atoms with Crippen LogP contribution in [0.3, 0.4) is 0 Å². The van der Waals surface area contributed by atoms with Gasteiger partial charge in [-0.15, -0.1) is 54.1 Å². The molecule has 1 fully saturated rings. The number of nitrogens with zero attached hydrogens (tertiary/aromatic N) is 2. The summed E-state index contributed by atoms with van der Waals surface area (Å²) >= 11 is 0. The molecule has 3 heterocycles. The Morgan fingerprint density at radius 3 is 2.28 bits per heavy atom. The van der Waals surface area contributed by atoms with Gasteiger partial charge in [0.1, 0.15) is 5.58 Å². The zero-order chi connectivity index (χ0) is 36.8. The molecule has 1 saturated carbocycles. The van der Waals surface area contributed by atoms with Crippen LogP contribution in [0, 0.1) is 18.1 Å². The van der Waals surface area contributed by atoms with E-state index in [0.717, 1.165) is 63.2 Å². The maximum atomic E-state index is 6.38. The molecule has 1 radical (unpaired) electrons. The maximum absolute atomic E-state index is 6.38. The normalized spacial score (nSPS) is 13.4. The van der Waals surface area contributed by atoms with Gasteiger partial charge in [-0.1, -0.05) is 142 Å². The van der Waals surface area contributed by atoms with Crippen LogP contribution in [0.25, 0.3) is 55.6 Å². The summed E-state index contributed by atoms with van der Waals surface area (Å²) in [6, 6.07) is 42.4. The second-order valence-corrected chi connectivity index (χ2v) is 20.7. The molecular formula is C49H52IrN2OSi-2. The fourth-order valence-electron chi connectivity index (χ4n) is 8.18. The minimum atomic E-state index is -1.36. The second-order valence-electron chi connectivity index (χ2n) is 15.7. The van der Waals surface area contributed by atoms with E-state index in [-0.39, 0.29) is 20.1 Å². The first-order valence-corrected chi connectivity index (χ1v) is 23.2. The van der Waals surface area contributed by atoms with Gasteiger partial charge in [-0.05, 0) is 70.9 Å². The van der Waals surface area contributed by atoms with Crippen molar-refractivity contribution in [2.24, 2.45) is 5.92 Å². The number of furan rings is 1. The first kappa shape index (κ1) is 39.5. The van der Waals surface area contributed by atoms with E-state index in [2.05, 4.69) is 130 Å². The van der Waals surface area contributed by atoms with E-state index < -0.39 is 8.07 Å². The number of hydrogen-bond donors (Lipinski definition) is 0. The largest absolute Gasteiger partial charge is 0.501 e. The van der Waals surface area contributed by atoms with Crippen LogP contribution in [0.4, 0.5) is 0 Å². The van der Waals surface area contributed by atoms with Crippen LogP contribution in [-0.2, 0) is 26.5 Å². The number of pyridine rings is 2. The molecule has 0 N–H and O–H groups in total. The topological polar surface area (TPSA) is 38.9 Å². The third kappa shape index (κ3) is 8.86. The van der Waals surface area contributed by atoms with Gasteiger partial charge in [-0.2, -0.15) is 0 Å². The van der Waals surface area contributed by atoms with E-state index in [9.17, 15) is 0 Å². The SMILES string of the molecule is CCC(CC)c1ccnc(-c2[c-]ccc3c2oc2cccc(-c4ccccc4)c23)c1.C[Si](C)(C)c1cnc(-c2[c-]cccc2)cc1CC1CCCCC1.[Ir]. The Morgan fingerprint density at radius 1 is 0.778 bits per heavy atom. The molecule has 279 valence electrons. The van der Waals surface area contributed by atoms with Crippen LogP contribution in [0.1, 0.15) is 75.8 Å². The standard InChI is InChI=1S/C28H24NO.C21H28NSi.Ir/c1-3-19(4-2)21-16-17-29-25(18-21)23-13-8-14-24-27-22(20-10-6-5-7-11-20)12-9-15-26(27)30-28(23)24;1-23(2,3)21-16-22-20(18-12-8-5-9-13-18)15-19(21)14-17-10-6-4-7-11-17;/h5-12,14-19H,3-4H2,1-2H3;5,8-9,12,15-17H,4,6-7,10-11,14H2,1-3H3;/q2*-1;. The Kier molecular flexibility index (Phi) is 13.2. The summed E-state index contributed by atoms with van der Waals surface area (Å²) in [5, 5.41) is 3.79. The monoisotopic (exact) mass is 905 g/mol. The third-order valence-corrected chi connectivity index (χ3v) is 13.1. The predicted molar refractivity (Wildman–Crippen MR) is 226 cm³/mol. The van der Waals surface area contributed by atoms with E-state index in [1.165, 1.54) is 55.2 Å².